The summed E-state index contributed by atoms with van der Waals surface area (Å²) in [5, 5.41) is 2.90. The van der Waals surface area contributed by atoms with Gasteiger partial charge < -0.3 is 19.7 Å². The molecule has 28 heavy (non-hydrogen) atoms. The number of nitrogens with one attached hydrogen (secondary N) is 1. The van der Waals surface area contributed by atoms with Crippen molar-refractivity contribution >= 4 is 11.6 Å². The average Bonchev–Trinajstić information content (AvgIpc) is 2.64. The molecule has 1 heterocycles. The predicted octanol–water partition coefficient (Wildman–Crippen LogP) is 4.18. The molecule has 0 aromatic heterocycles. The summed E-state index contributed by atoms with van der Waals surface area (Å²) in [7, 11) is 2.14. The van der Waals surface area contributed by atoms with Crippen molar-refractivity contribution in [3.05, 3.63) is 53.6 Å². The van der Waals surface area contributed by atoms with Gasteiger partial charge in [0, 0.05) is 18.8 Å². The highest BCUT2D eigenvalue weighted by Crippen LogP contribution is 2.22. The molecule has 0 radical (unpaired) electrons. The van der Waals surface area contributed by atoms with Crippen molar-refractivity contribution < 1.29 is 14.3 Å². The van der Waals surface area contributed by atoms with Crippen molar-refractivity contribution in [2.24, 2.45) is 0 Å². The maximum atomic E-state index is 12.4. The summed E-state index contributed by atoms with van der Waals surface area (Å²) >= 11 is 0. The van der Waals surface area contributed by atoms with Gasteiger partial charge in [-0.15, -0.1) is 0 Å². The normalized spacial score (nSPS) is 16.4. The zero-order chi connectivity index (χ0) is 20.1. The summed E-state index contributed by atoms with van der Waals surface area (Å²) in [5.74, 6) is 1.37. The van der Waals surface area contributed by atoms with E-state index in [0.29, 0.717) is 5.75 Å². The molecule has 5 nitrogen and oxygen atoms in total. The van der Waals surface area contributed by atoms with E-state index < -0.39 is 6.10 Å². The highest BCUT2D eigenvalue weighted by atomic mass is 16.5. The molecule has 1 fully saturated rings. The van der Waals surface area contributed by atoms with Gasteiger partial charge in [-0.1, -0.05) is 6.07 Å². The number of hydrogen-bond acceptors (Lipinski definition) is 4. The fourth-order valence-corrected chi connectivity index (χ4v) is 3.41. The third-order valence-corrected chi connectivity index (χ3v) is 4.97. The fraction of sp³-hybridized carbons (Fsp3) is 0.435. The predicted molar refractivity (Wildman–Crippen MR) is 112 cm³/mol. The molecule has 0 saturated carbocycles. The van der Waals surface area contributed by atoms with Gasteiger partial charge in [-0.3, -0.25) is 4.79 Å². The number of aryl methyl sites for hydroxylation is 2. The van der Waals surface area contributed by atoms with Crippen LogP contribution < -0.4 is 14.8 Å². The molecule has 3 rings (SSSR count). The molecule has 1 atom stereocenters. The van der Waals surface area contributed by atoms with Crippen LogP contribution >= 0.6 is 0 Å². The fourth-order valence-electron chi connectivity index (χ4n) is 3.41. The van der Waals surface area contributed by atoms with E-state index in [1.165, 1.54) is 0 Å². The van der Waals surface area contributed by atoms with E-state index in [2.05, 4.69) is 23.3 Å². The lowest BCUT2D eigenvalue weighted by molar-refractivity contribution is -0.122. The van der Waals surface area contributed by atoms with Crippen LogP contribution in [0.25, 0.3) is 0 Å². The Balaban J connectivity index is 1.52. The number of ether oxygens (including phenoxy) is 2. The molecule has 0 unspecified atom stereocenters. The van der Waals surface area contributed by atoms with E-state index in [4.69, 9.17) is 9.47 Å². The Hall–Kier alpha value is -2.53. The molecule has 1 aliphatic heterocycles. The van der Waals surface area contributed by atoms with Gasteiger partial charge in [-0.05, 0) is 88.2 Å². The summed E-state index contributed by atoms with van der Waals surface area (Å²) in [6, 6.07) is 13.5. The van der Waals surface area contributed by atoms with E-state index in [0.717, 1.165) is 48.5 Å². The second-order valence-electron chi connectivity index (χ2n) is 7.72. The Kier molecular flexibility index (Phi) is 6.57. The Morgan fingerprint density at radius 2 is 1.64 bits per heavy atom. The van der Waals surface area contributed by atoms with Crippen LogP contribution in [0.2, 0.25) is 0 Å². The number of amides is 1. The maximum absolute atomic E-state index is 12.4. The Bertz CT molecular complexity index is 776. The molecule has 1 amide bonds. The van der Waals surface area contributed by atoms with E-state index in [1.807, 2.05) is 50.2 Å². The Morgan fingerprint density at radius 3 is 2.25 bits per heavy atom. The average molecular weight is 383 g/mol. The van der Waals surface area contributed by atoms with Crippen LogP contribution in [0.3, 0.4) is 0 Å². The van der Waals surface area contributed by atoms with Crippen LogP contribution in [0.1, 0.15) is 30.9 Å². The van der Waals surface area contributed by atoms with Crippen LogP contribution in [0.5, 0.6) is 11.5 Å². The summed E-state index contributed by atoms with van der Waals surface area (Å²) in [6.45, 7) is 7.92. The lowest BCUT2D eigenvalue weighted by Crippen LogP contribution is -2.35. The van der Waals surface area contributed by atoms with Gasteiger partial charge in [0.05, 0.1) is 0 Å². The first-order valence-electron chi connectivity index (χ1n) is 9.90. The highest BCUT2D eigenvalue weighted by Gasteiger charge is 2.18. The zero-order valence-electron chi connectivity index (χ0n) is 17.2. The van der Waals surface area contributed by atoms with Crippen LogP contribution in [0.15, 0.2) is 42.5 Å². The summed E-state index contributed by atoms with van der Waals surface area (Å²) in [6.07, 6.45) is 1.77. The molecule has 0 spiro atoms. The van der Waals surface area contributed by atoms with Gasteiger partial charge in [0.2, 0.25) is 0 Å². The van der Waals surface area contributed by atoms with Gasteiger partial charge in [-0.2, -0.15) is 0 Å². The largest absolute Gasteiger partial charge is 0.490 e. The van der Waals surface area contributed by atoms with Crippen LogP contribution in [-0.4, -0.2) is 43.2 Å². The molecule has 0 bridgehead atoms. The van der Waals surface area contributed by atoms with Crippen LogP contribution in [0.4, 0.5) is 5.69 Å². The van der Waals surface area contributed by atoms with E-state index in [9.17, 15) is 4.79 Å². The number of hydrogen-bond donors (Lipinski definition) is 1. The SMILES string of the molecule is Cc1cc(C)cc(O[C@@H](C)C(=O)Nc2ccc(OC3CCN(C)CC3)cc2)c1. The standard InChI is InChI=1S/C23H30N2O3/c1-16-13-17(2)15-22(14-16)27-18(3)23(26)24-19-5-7-20(8-6-19)28-21-9-11-25(4)12-10-21/h5-8,13-15,18,21H,9-12H2,1-4H3,(H,24,26)/t18-/m0/s1. The topological polar surface area (TPSA) is 50.8 Å². The third kappa shape index (κ3) is 5.73. The van der Waals surface area contributed by atoms with Gasteiger partial charge in [0.15, 0.2) is 6.10 Å². The van der Waals surface area contributed by atoms with Crippen molar-refractivity contribution in [3.8, 4) is 11.5 Å². The molecule has 1 saturated heterocycles. The minimum atomic E-state index is -0.587. The number of piperidine rings is 1. The highest BCUT2D eigenvalue weighted by molar-refractivity contribution is 5.94. The van der Waals surface area contributed by atoms with E-state index in [1.54, 1.807) is 6.92 Å². The van der Waals surface area contributed by atoms with E-state index >= 15 is 0 Å². The van der Waals surface area contributed by atoms with E-state index in [-0.39, 0.29) is 12.0 Å². The third-order valence-electron chi connectivity index (χ3n) is 4.97. The van der Waals surface area contributed by atoms with Crippen LogP contribution in [-0.2, 0) is 4.79 Å². The number of benzene rings is 2. The number of likely N-dealkylation sites (tertiary alicyclic amines) is 1. The molecular formula is C23H30N2O3. The monoisotopic (exact) mass is 382 g/mol. The molecule has 1 aliphatic rings. The first-order chi connectivity index (χ1) is 13.4. The first-order valence-corrected chi connectivity index (χ1v) is 9.90. The summed E-state index contributed by atoms with van der Waals surface area (Å²) in [4.78, 5) is 14.8. The Morgan fingerprint density at radius 1 is 1.04 bits per heavy atom. The van der Waals surface area contributed by atoms with Crippen molar-refractivity contribution in [3.63, 3.8) is 0 Å². The minimum absolute atomic E-state index is 0.178. The van der Waals surface area contributed by atoms with Gasteiger partial charge >= 0.3 is 0 Å². The van der Waals surface area contributed by atoms with Crippen molar-refractivity contribution in [1.29, 1.82) is 0 Å². The van der Waals surface area contributed by atoms with Gasteiger partial charge in [-0.25, -0.2) is 0 Å². The molecule has 2 aromatic rings. The smallest absolute Gasteiger partial charge is 0.265 e. The van der Waals surface area contributed by atoms with Crippen LogP contribution in [0, 0.1) is 13.8 Å². The number of nitrogens with zero attached hydrogens (tertiary/aromatic N) is 1. The second kappa shape index (κ2) is 9.11. The number of carbonyl (C=O) groups is 1. The second-order valence-corrected chi connectivity index (χ2v) is 7.72. The first kappa shape index (κ1) is 20.2. The lowest BCUT2D eigenvalue weighted by atomic mass is 10.1. The number of anilines is 1. The molecule has 0 aliphatic carbocycles. The molecule has 5 heteroatoms. The quantitative estimate of drug-likeness (QED) is 0.814. The van der Waals surface area contributed by atoms with Gasteiger partial charge in [0.25, 0.3) is 5.91 Å². The number of carbonyl (C=O) groups excluding carboxylic acids is 1. The van der Waals surface area contributed by atoms with Crippen molar-refractivity contribution in [2.75, 3.05) is 25.5 Å². The number of rotatable bonds is 6. The zero-order valence-corrected chi connectivity index (χ0v) is 17.2. The van der Waals surface area contributed by atoms with Crippen molar-refractivity contribution in [2.45, 2.75) is 45.8 Å². The summed E-state index contributed by atoms with van der Waals surface area (Å²) in [5.41, 5.74) is 2.96. The molecule has 150 valence electrons. The van der Waals surface area contributed by atoms with Crippen molar-refractivity contribution in [1.82, 2.24) is 4.90 Å². The maximum Gasteiger partial charge on any atom is 0.265 e. The molecule has 2 aromatic carbocycles. The Labute approximate surface area is 167 Å². The minimum Gasteiger partial charge on any atom is -0.490 e. The molecule has 1 N–H and O–H groups in total. The lowest BCUT2D eigenvalue weighted by Gasteiger charge is -2.29. The molecular weight excluding hydrogens is 352 g/mol. The van der Waals surface area contributed by atoms with Gasteiger partial charge in [0.1, 0.15) is 17.6 Å². The summed E-state index contributed by atoms with van der Waals surface area (Å²) < 4.78 is 11.9.